The Kier molecular flexibility index (Phi) is 1.76. The van der Waals surface area contributed by atoms with Gasteiger partial charge in [0, 0.05) is 6.07 Å². The molecule has 0 aromatic heterocycles. The molecule has 0 amide bonds. The molecule has 0 aliphatic carbocycles. The van der Waals surface area contributed by atoms with E-state index < -0.39 is 0 Å². The Morgan fingerprint density at radius 3 is 1.93 bits per heavy atom. The van der Waals surface area contributed by atoms with Crippen LogP contribution in [0.1, 0.15) is 0 Å². The lowest BCUT2D eigenvalue weighted by molar-refractivity contribution is 0.448. The molecule has 0 fully saturated rings. The summed E-state index contributed by atoms with van der Waals surface area (Å²) < 4.78 is 0. The van der Waals surface area contributed by atoms with Crippen LogP contribution in [-0.2, 0) is 0 Å². The van der Waals surface area contributed by atoms with Gasteiger partial charge in [0.1, 0.15) is 23.0 Å². The maximum absolute atomic E-state index is 9.58. The zero-order valence-corrected chi connectivity index (χ0v) is 7.60. The molecular weight excluding hydrogens is 198 g/mol. The predicted octanol–water partition coefficient (Wildman–Crippen LogP) is 1.24. The molecule has 2 aromatic rings. The molecule has 0 unspecified atom stereocenters. The van der Waals surface area contributed by atoms with Crippen LogP contribution in [0.2, 0.25) is 0 Å². The van der Waals surface area contributed by atoms with Crippen molar-refractivity contribution in [3.63, 3.8) is 0 Å². The molecule has 0 saturated carbocycles. The molecule has 0 atom stereocenters. The average Bonchev–Trinajstić information content (AvgIpc) is 2.18. The summed E-state index contributed by atoms with van der Waals surface area (Å²) in [5.74, 6) is -1.16. The van der Waals surface area contributed by atoms with Crippen molar-refractivity contribution in [1.82, 2.24) is 0 Å². The monoisotopic (exact) mass is 207 g/mol. The second-order valence-electron chi connectivity index (χ2n) is 3.19. The van der Waals surface area contributed by atoms with Gasteiger partial charge in [-0.3, -0.25) is 0 Å². The first kappa shape index (κ1) is 9.26. The van der Waals surface area contributed by atoms with Crippen LogP contribution in [0.4, 0.5) is 5.69 Å². The topological polar surface area (TPSA) is 107 Å². The van der Waals surface area contributed by atoms with Gasteiger partial charge < -0.3 is 26.2 Å². The standard InChI is InChI=1S/C10H9NO4/c11-4-3-7(14)8-5(12)1-2-6(13)9(8)10(4)15/h1-3,12-15H,11H2. The van der Waals surface area contributed by atoms with Crippen molar-refractivity contribution in [2.24, 2.45) is 0 Å². The number of nitrogen functional groups attached to an aromatic ring is 1. The number of anilines is 1. The Morgan fingerprint density at radius 1 is 0.800 bits per heavy atom. The Morgan fingerprint density at radius 2 is 1.33 bits per heavy atom. The van der Waals surface area contributed by atoms with Gasteiger partial charge in [-0.1, -0.05) is 0 Å². The minimum absolute atomic E-state index is 0.0262. The molecule has 0 aliphatic rings. The van der Waals surface area contributed by atoms with Crippen LogP contribution >= 0.6 is 0 Å². The van der Waals surface area contributed by atoms with Gasteiger partial charge in [-0.25, -0.2) is 0 Å². The van der Waals surface area contributed by atoms with E-state index in [0.29, 0.717) is 0 Å². The fraction of sp³-hybridized carbons (Fsp3) is 0. The number of aromatic hydroxyl groups is 4. The summed E-state index contributed by atoms with van der Waals surface area (Å²) in [5.41, 5.74) is 5.33. The maximum Gasteiger partial charge on any atom is 0.150 e. The van der Waals surface area contributed by atoms with Gasteiger partial charge in [-0.15, -0.1) is 0 Å². The fourth-order valence-electron chi connectivity index (χ4n) is 1.51. The van der Waals surface area contributed by atoms with E-state index >= 15 is 0 Å². The summed E-state index contributed by atoms with van der Waals surface area (Å²) in [6, 6.07) is 3.53. The normalized spacial score (nSPS) is 10.7. The van der Waals surface area contributed by atoms with E-state index in [9.17, 15) is 20.4 Å². The predicted molar refractivity (Wildman–Crippen MR) is 55.0 cm³/mol. The highest BCUT2D eigenvalue weighted by molar-refractivity contribution is 6.04. The molecule has 2 aromatic carbocycles. The summed E-state index contributed by atoms with van der Waals surface area (Å²) in [6.07, 6.45) is 0. The van der Waals surface area contributed by atoms with Gasteiger partial charge in [0.25, 0.3) is 0 Å². The zero-order valence-electron chi connectivity index (χ0n) is 7.60. The molecule has 0 saturated heterocycles. The summed E-state index contributed by atoms with van der Waals surface area (Å²) in [5, 5.41) is 38.0. The minimum atomic E-state index is -0.365. The number of nitrogens with two attached hydrogens (primary N) is 1. The number of hydrogen-bond acceptors (Lipinski definition) is 5. The van der Waals surface area contributed by atoms with Crippen molar-refractivity contribution in [3.05, 3.63) is 18.2 Å². The largest absolute Gasteiger partial charge is 0.507 e. The summed E-state index contributed by atoms with van der Waals surface area (Å²) in [4.78, 5) is 0. The van der Waals surface area contributed by atoms with Crippen LogP contribution in [0.5, 0.6) is 23.0 Å². The van der Waals surface area contributed by atoms with Crippen LogP contribution in [0.25, 0.3) is 10.8 Å². The average molecular weight is 207 g/mol. The number of rotatable bonds is 0. The van der Waals surface area contributed by atoms with Gasteiger partial charge in [-0.2, -0.15) is 0 Å². The summed E-state index contributed by atoms with van der Waals surface area (Å²) in [6.45, 7) is 0. The van der Waals surface area contributed by atoms with Gasteiger partial charge in [0.15, 0.2) is 0 Å². The molecular formula is C10H9NO4. The molecule has 6 N–H and O–H groups in total. The van der Waals surface area contributed by atoms with Crippen molar-refractivity contribution in [3.8, 4) is 23.0 Å². The van der Waals surface area contributed by atoms with E-state index in [1.165, 1.54) is 12.1 Å². The van der Waals surface area contributed by atoms with Crippen LogP contribution in [-0.4, -0.2) is 20.4 Å². The van der Waals surface area contributed by atoms with E-state index in [0.717, 1.165) is 6.07 Å². The van der Waals surface area contributed by atoms with E-state index in [-0.39, 0.29) is 39.5 Å². The van der Waals surface area contributed by atoms with Crippen LogP contribution in [0.3, 0.4) is 0 Å². The highest BCUT2D eigenvalue weighted by Crippen LogP contribution is 2.45. The fourth-order valence-corrected chi connectivity index (χ4v) is 1.51. The van der Waals surface area contributed by atoms with Gasteiger partial charge in [-0.05, 0) is 12.1 Å². The summed E-state index contributed by atoms with van der Waals surface area (Å²) in [7, 11) is 0. The van der Waals surface area contributed by atoms with Gasteiger partial charge >= 0.3 is 0 Å². The Bertz CT molecular complexity index is 551. The molecule has 0 radical (unpaired) electrons. The van der Waals surface area contributed by atoms with Crippen molar-refractivity contribution in [2.45, 2.75) is 0 Å². The molecule has 2 rings (SSSR count). The number of phenolic OH excluding ortho intramolecular Hbond substituents is 4. The van der Waals surface area contributed by atoms with Crippen LogP contribution in [0, 0.1) is 0 Å². The molecule has 15 heavy (non-hydrogen) atoms. The molecule has 0 bridgehead atoms. The van der Waals surface area contributed by atoms with E-state index in [1.54, 1.807) is 0 Å². The van der Waals surface area contributed by atoms with E-state index in [2.05, 4.69) is 0 Å². The number of benzene rings is 2. The molecule has 0 spiro atoms. The minimum Gasteiger partial charge on any atom is -0.507 e. The molecule has 5 nitrogen and oxygen atoms in total. The van der Waals surface area contributed by atoms with E-state index in [4.69, 9.17) is 5.73 Å². The molecule has 78 valence electrons. The maximum atomic E-state index is 9.58. The number of hydrogen-bond donors (Lipinski definition) is 5. The Balaban J connectivity index is 3.08. The van der Waals surface area contributed by atoms with Crippen molar-refractivity contribution in [1.29, 1.82) is 0 Å². The first-order valence-electron chi connectivity index (χ1n) is 4.17. The third-order valence-electron chi connectivity index (χ3n) is 2.22. The van der Waals surface area contributed by atoms with Gasteiger partial charge in [0.05, 0.1) is 16.5 Å². The quantitative estimate of drug-likeness (QED) is 0.254. The molecule has 5 heteroatoms. The molecule has 0 aliphatic heterocycles. The number of fused-ring (bicyclic) bond motifs is 1. The first-order valence-corrected chi connectivity index (χ1v) is 4.17. The molecule has 0 heterocycles. The lowest BCUT2D eigenvalue weighted by atomic mass is 10.1. The van der Waals surface area contributed by atoms with Crippen molar-refractivity contribution in [2.75, 3.05) is 5.73 Å². The Labute approximate surface area is 84.6 Å². The van der Waals surface area contributed by atoms with Gasteiger partial charge in [0.2, 0.25) is 0 Å². The second kappa shape index (κ2) is 2.84. The third-order valence-corrected chi connectivity index (χ3v) is 2.22. The van der Waals surface area contributed by atoms with Crippen LogP contribution in [0.15, 0.2) is 18.2 Å². The first-order chi connectivity index (χ1) is 7.02. The SMILES string of the molecule is Nc1cc(O)c2c(O)ccc(O)c2c1O. The highest BCUT2D eigenvalue weighted by Gasteiger charge is 2.15. The van der Waals surface area contributed by atoms with Crippen molar-refractivity contribution < 1.29 is 20.4 Å². The zero-order chi connectivity index (χ0) is 11.2. The van der Waals surface area contributed by atoms with E-state index in [1.807, 2.05) is 0 Å². The second-order valence-corrected chi connectivity index (χ2v) is 3.19. The highest BCUT2D eigenvalue weighted by atomic mass is 16.3. The third kappa shape index (κ3) is 1.17. The lowest BCUT2D eigenvalue weighted by Crippen LogP contribution is -1.87. The lowest BCUT2D eigenvalue weighted by Gasteiger charge is -2.09. The smallest absolute Gasteiger partial charge is 0.150 e. The summed E-state index contributed by atoms with van der Waals surface area (Å²) >= 11 is 0. The van der Waals surface area contributed by atoms with Crippen molar-refractivity contribution >= 4 is 16.5 Å². The van der Waals surface area contributed by atoms with Crippen LogP contribution < -0.4 is 5.73 Å². The number of phenols is 4. The Hall–Kier alpha value is -2.30.